The van der Waals surface area contributed by atoms with Crippen molar-refractivity contribution in [2.24, 2.45) is 7.05 Å². The Bertz CT molecular complexity index is 800. The summed E-state index contributed by atoms with van der Waals surface area (Å²) >= 11 is 0. The highest BCUT2D eigenvalue weighted by Crippen LogP contribution is 2.29. The van der Waals surface area contributed by atoms with Gasteiger partial charge in [0.15, 0.2) is 0 Å². The summed E-state index contributed by atoms with van der Waals surface area (Å²) in [5, 5.41) is 7.13. The van der Waals surface area contributed by atoms with Gasteiger partial charge in [0.2, 0.25) is 5.91 Å². The van der Waals surface area contributed by atoms with E-state index >= 15 is 0 Å². The lowest BCUT2D eigenvalue weighted by Gasteiger charge is -2.11. The molecule has 1 aliphatic rings. The first-order valence-electron chi connectivity index (χ1n) is 8.69. The molecule has 146 valence electrons. The van der Waals surface area contributed by atoms with E-state index in [0.29, 0.717) is 19.4 Å². The number of nitrogens with zero attached hydrogens (tertiary/aromatic N) is 2. The maximum absolute atomic E-state index is 12.6. The zero-order valence-electron chi connectivity index (χ0n) is 15.1. The number of aryl methyl sites for hydroxylation is 2. The number of aromatic nitrogens is 2. The predicted molar refractivity (Wildman–Crippen MR) is 93.5 cm³/mol. The fourth-order valence-electron chi connectivity index (χ4n) is 3.21. The van der Waals surface area contributed by atoms with Gasteiger partial charge in [0.1, 0.15) is 6.04 Å². The maximum atomic E-state index is 12.6. The second-order valence-electron chi connectivity index (χ2n) is 6.71. The van der Waals surface area contributed by atoms with Crippen LogP contribution in [0.25, 0.3) is 0 Å². The van der Waals surface area contributed by atoms with Crippen LogP contribution in [0.5, 0.6) is 0 Å². The lowest BCUT2D eigenvalue weighted by atomic mass is 10.0. The molecule has 2 unspecified atom stereocenters. The van der Waals surface area contributed by atoms with Crippen molar-refractivity contribution < 1.29 is 18.0 Å². The zero-order chi connectivity index (χ0) is 19.6. The summed E-state index contributed by atoms with van der Waals surface area (Å²) in [5.74, 6) is -0.140. The van der Waals surface area contributed by atoms with Gasteiger partial charge in [-0.2, -0.15) is 18.3 Å². The van der Waals surface area contributed by atoms with Gasteiger partial charge in [-0.15, -0.1) is 0 Å². The van der Waals surface area contributed by atoms with Crippen LogP contribution in [-0.4, -0.2) is 28.3 Å². The number of hydrogen-bond donors (Lipinski definition) is 3. The van der Waals surface area contributed by atoms with Crippen LogP contribution in [0.3, 0.4) is 0 Å². The molecule has 1 aromatic carbocycles. The second-order valence-corrected chi connectivity index (χ2v) is 6.71. The largest absolute Gasteiger partial charge is 0.416 e. The maximum Gasteiger partial charge on any atom is 0.416 e. The summed E-state index contributed by atoms with van der Waals surface area (Å²) < 4.78 is 39.4. The van der Waals surface area contributed by atoms with E-state index in [1.54, 1.807) is 4.68 Å². The molecule has 3 rings (SSSR count). The molecule has 1 aromatic heterocycles. The Hall–Kier alpha value is -2.39. The number of alkyl halides is 3. The summed E-state index contributed by atoms with van der Waals surface area (Å²) in [7, 11) is 1.85. The highest BCUT2D eigenvalue weighted by molar-refractivity contribution is 5.82. The van der Waals surface area contributed by atoms with E-state index < -0.39 is 11.7 Å². The molecule has 1 amide bonds. The molecule has 1 aliphatic heterocycles. The quantitative estimate of drug-likeness (QED) is 0.741. The minimum atomic E-state index is -4.34. The lowest BCUT2D eigenvalue weighted by Crippen LogP contribution is -2.43. The normalized spacial score (nSPS) is 20.0. The van der Waals surface area contributed by atoms with Crippen molar-refractivity contribution in [2.45, 2.75) is 38.0 Å². The Morgan fingerprint density at radius 3 is 2.59 bits per heavy atom. The van der Waals surface area contributed by atoms with Crippen LogP contribution in [0.15, 0.2) is 30.5 Å². The third kappa shape index (κ3) is 4.67. The second kappa shape index (κ2) is 7.69. The van der Waals surface area contributed by atoms with Crippen LogP contribution in [0.2, 0.25) is 0 Å². The Labute approximate surface area is 155 Å². The van der Waals surface area contributed by atoms with Gasteiger partial charge in [0, 0.05) is 25.4 Å². The molecule has 6 nitrogen and oxygen atoms in total. The minimum absolute atomic E-state index is 0.00404. The van der Waals surface area contributed by atoms with Crippen molar-refractivity contribution >= 4 is 5.91 Å². The van der Waals surface area contributed by atoms with E-state index in [9.17, 15) is 18.0 Å². The molecule has 1 fully saturated rings. The molecule has 0 bridgehead atoms. The van der Waals surface area contributed by atoms with E-state index in [4.69, 9.17) is 0 Å². The summed E-state index contributed by atoms with van der Waals surface area (Å²) in [6.45, 7) is 2.29. The van der Waals surface area contributed by atoms with Gasteiger partial charge < -0.3 is 5.32 Å². The van der Waals surface area contributed by atoms with Crippen molar-refractivity contribution in [1.29, 1.82) is 0 Å². The molecule has 27 heavy (non-hydrogen) atoms. The molecule has 2 atom stereocenters. The average molecular weight is 381 g/mol. The van der Waals surface area contributed by atoms with Crippen molar-refractivity contribution in [1.82, 2.24) is 25.9 Å². The zero-order valence-corrected chi connectivity index (χ0v) is 15.1. The van der Waals surface area contributed by atoms with Gasteiger partial charge in [-0.05, 0) is 37.5 Å². The number of benzene rings is 1. The van der Waals surface area contributed by atoms with Crippen molar-refractivity contribution in [3.63, 3.8) is 0 Å². The minimum Gasteiger partial charge on any atom is -0.354 e. The molecule has 2 heterocycles. The fourth-order valence-corrected chi connectivity index (χ4v) is 3.21. The first kappa shape index (κ1) is 19.4. The van der Waals surface area contributed by atoms with Gasteiger partial charge >= 0.3 is 6.18 Å². The van der Waals surface area contributed by atoms with Crippen LogP contribution in [0, 0.1) is 6.92 Å². The highest BCUT2D eigenvalue weighted by atomic mass is 19.4. The van der Waals surface area contributed by atoms with Crippen molar-refractivity contribution in [3.05, 3.63) is 52.8 Å². The summed E-state index contributed by atoms with van der Waals surface area (Å²) in [6, 6.07) is 4.62. The fraction of sp³-hybridized carbons (Fsp3) is 0.444. The number of hydrazine groups is 1. The first-order valence-corrected chi connectivity index (χ1v) is 8.69. The van der Waals surface area contributed by atoms with Crippen LogP contribution in [-0.2, 0) is 24.4 Å². The molecule has 0 aliphatic carbocycles. The SMILES string of the molecule is Cc1nn(C)cc1C1CC(C(=O)NCCc2ccc(C(F)(F)F)cc2)NN1. The molecule has 9 heteroatoms. The van der Waals surface area contributed by atoms with Gasteiger partial charge in [0.05, 0.1) is 17.3 Å². The summed E-state index contributed by atoms with van der Waals surface area (Å²) in [6.07, 6.45) is -1.34. The van der Waals surface area contributed by atoms with Crippen LogP contribution in [0.4, 0.5) is 13.2 Å². The Kier molecular flexibility index (Phi) is 5.52. The lowest BCUT2D eigenvalue weighted by molar-refractivity contribution is -0.137. The third-order valence-electron chi connectivity index (χ3n) is 4.64. The van der Waals surface area contributed by atoms with Gasteiger partial charge in [-0.3, -0.25) is 9.48 Å². The van der Waals surface area contributed by atoms with E-state index in [0.717, 1.165) is 29.0 Å². The van der Waals surface area contributed by atoms with E-state index in [2.05, 4.69) is 21.3 Å². The first-order chi connectivity index (χ1) is 12.7. The number of halogens is 3. The number of carbonyl (C=O) groups is 1. The molecule has 3 N–H and O–H groups in total. The Morgan fingerprint density at radius 2 is 2.00 bits per heavy atom. The molecule has 0 spiro atoms. The molecular weight excluding hydrogens is 359 g/mol. The van der Waals surface area contributed by atoms with Crippen molar-refractivity contribution in [3.8, 4) is 0 Å². The average Bonchev–Trinajstić information content (AvgIpc) is 3.20. The standard InChI is InChI=1S/C18H22F3N5O/c1-11-14(10-26(2)25-11)15-9-16(24-23-15)17(27)22-8-7-12-3-5-13(6-4-12)18(19,20)21/h3-6,10,15-16,23-24H,7-9H2,1-2H3,(H,22,27). The van der Waals surface area contributed by atoms with Gasteiger partial charge in [-0.25, -0.2) is 10.9 Å². The summed E-state index contributed by atoms with van der Waals surface area (Å²) in [4.78, 5) is 12.3. The molecule has 0 saturated carbocycles. The smallest absolute Gasteiger partial charge is 0.354 e. The number of rotatable bonds is 5. The number of nitrogens with one attached hydrogen (secondary N) is 3. The van der Waals surface area contributed by atoms with Crippen molar-refractivity contribution in [2.75, 3.05) is 6.54 Å². The highest BCUT2D eigenvalue weighted by Gasteiger charge is 2.32. The van der Waals surface area contributed by atoms with Gasteiger partial charge in [-0.1, -0.05) is 12.1 Å². The van der Waals surface area contributed by atoms with Gasteiger partial charge in [0.25, 0.3) is 0 Å². The van der Waals surface area contributed by atoms with E-state index in [1.807, 2.05) is 20.2 Å². The molecular formula is C18H22F3N5O. The van der Waals surface area contributed by atoms with E-state index in [1.165, 1.54) is 12.1 Å². The van der Waals surface area contributed by atoms with Crippen LogP contribution < -0.4 is 16.2 Å². The summed E-state index contributed by atoms with van der Waals surface area (Å²) in [5.41, 5.74) is 8.14. The van der Waals surface area contributed by atoms with E-state index in [-0.39, 0.29) is 18.0 Å². The number of amides is 1. The molecule has 1 saturated heterocycles. The number of carbonyl (C=O) groups excluding carboxylic acids is 1. The van der Waals surface area contributed by atoms with Crippen LogP contribution >= 0.6 is 0 Å². The Morgan fingerprint density at radius 1 is 1.30 bits per heavy atom. The topological polar surface area (TPSA) is 71.0 Å². The predicted octanol–water partition coefficient (Wildman–Crippen LogP) is 2.01. The third-order valence-corrected chi connectivity index (χ3v) is 4.64. The molecule has 2 aromatic rings. The Balaban J connectivity index is 1.47. The number of hydrogen-bond acceptors (Lipinski definition) is 4. The van der Waals surface area contributed by atoms with Crippen LogP contribution in [0.1, 0.15) is 34.8 Å². The molecule has 0 radical (unpaired) electrons. The monoisotopic (exact) mass is 381 g/mol.